The number of amides is 2. The van der Waals surface area contributed by atoms with Gasteiger partial charge in [0.1, 0.15) is 5.00 Å². The standard InChI is InChI=1S/C25H29ClN2O5S/c1-3-32-22(29)20-18-11-14-28(24(31)33-4-2)15-19(18)34-21(20)27-23(30)25(12-5-6-13-25)16-7-9-17(26)10-8-16/h7-10H,3-6,11-15H2,1-2H3,(H,27,30). The Morgan fingerprint density at radius 3 is 2.41 bits per heavy atom. The van der Waals surface area contributed by atoms with Crippen molar-refractivity contribution in [2.45, 2.75) is 57.9 Å². The molecule has 1 aromatic carbocycles. The van der Waals surface area contributed by atoms with Gasteiger partial charge in [-0.15, -0.1) is 11.3 Å². The molecule has 2 amide bonds. The Balaban J connectivity index is 1.67. The number of rotatable bonds is 6. The first-order valence-corrected chi connectivity index (χ1v) is 12.9. The van der Waals surface area contributed by atoms with Crippen LogP contribution in [0, 0.1) is 0 Å². The van der Waals surface area contributed by atoms with E-state index in [9.17, 15) is 14.4 Å². The average Bonchev–Trinajstić information content (AvgIpc) is 3.45. The summed E-state index contributed by atoms with van der Waals surface area (Å²) in [6, 6.07) is 7.44. The van der Waals surface area contributed by atoms with Gasteiger partial charge in [0, 0.05) is 16.4 Å². The van der Waals surface area contributed by atoms with Crippen LogP contribution in [-0.4, -0.2) is 42.6 Å². The smallest absolute Gasteiger partial charge is 0.410 e. The zero-order valence-electron chi connectivity index (χ0n) is 19.4. The molecule has 0 saturated heterocycles. The first kappa shape index (κ1) is 24.5. The van der Waals surface area contributed by atoms with E-state index in [1.165, 1.54) is 11.3 Å². The minimum absolute atomic E-state index is 0.126. The lowest BCUT2D eigenvalue weighted by atomic mass is 9.78. The van der Waals surface area contributed by atoms with Crippen LogP contribution in [0.2, 0.25) is 5.02 Å². The first-order chi connectivity index (χ1) is 16.4. The van der Waals surface area contributed by atoms with Crippen molar-refractivity contribution in [1.29, 1.82) is 0 Å². The number of carbonyl (C=O) groups excluding carboxylic acids is 3. The number of anilines is 1. The van der Waals surface area contributed by atoms with Gasteiger partial charge in [-0.05, 0) is 56.4 Å². The second kappa shape index (κ2) is 10.4. The minimum atomic E-state index is -0.669. The summed E-state index contributed by atoms with van der Waals surface area (Å²) in [5.74, 6) is -0.578. The van der Waals surface area contributed by atoms with Gasteiger partial charge in [0.05, 0.1) is 30.7 Å². The number of hydrogen-bond acceptors (Lipinski definition) is 6. The molecule has 2 aromatic rings. The van der Waals surface area contributed by atoms with Crippen molar-refractivity contribution in [1.82, 2.24) is 4.90 Å². The maximum atomic E-state index is 13.8. The van der Waals surface area contributed by atoms with Crippen LogP contribution in [0.25, 0.3) is 0 Å². The summed E-state index contributed by atoms with van der Waals surface area (Å²) >= 11 is 7.42. The Bertz CT molecular complexity index is 1080. The Morgan fingerprint density at radius 1 is 1.09 bits per heavy atom. The number of fused-ring (bicyclic) bond motifs is 1. The first-order valence-electron chi connectivity index (χ1n) is 11.7. The minimum Gasteiger partial charge on any atom is -0.462 e. The van der Waals surface area contributed by atoms with Crippen molar-refractivity contribution in [2.75, 3.05) is 25.1 Å². The molecular formula is C25H29ClN2O5S. The Labute approximate surface area is 208 Å². The average molecular weight is 505 g/mol. The van der Waals surface area contributed by atoms with Gasteiger partial charge in [0.2, 0.25) is 5.91 Å². The van der Waals surface area contributed by atoms with Crippen molar-refractivity contribution in [3.63, 3.8) is 0 Å². The number of thiophene rings is 1. The highest BCUT2D eigenvalue weighted by Gasteiger charge is 2.43. The van der Waals surface area contributed by atoms with Gasteiger partial charge in [-0.1, -0.05) is 36.6 Å². The molecule has 1 aliphatic heterocycles. The topological polar surface area (TPSA) is 84.9 Å². The fourth-order valence-electron chi connectivity index (χ4n) is 4.90. The van der Waals surface area contributed by atoms with Crippen molar-refractivity contribution in [2.24, 2.45) is 0 Å². The monoisotopic (exact) mass is 504 g/mol. The second-order valence-corrected chi connectivity index (χ2v) is 10.1. The highest BCUT2D eigenvalue weighted by molar-refractivity contribution is 7.17. The summed E-state index contributed by atoms with van der Waals surface area (Å²) in [5.41, 5.74) is 1.51. The number of hydrogen-bond donors (Lipinski definition) is 1. The van der Waals surface area contributed by atoms with Gasteiger partial charge in [0.25, 0.3) is 0 Å². The van der Waals surface area contributed by atoms with Gasteiger partial charge in [-0.3, -0.25) is 4.79 Å². The third-order valence-corrected chi connectivity index (χ3v) is 7.96. The molecule has 7 nitrogen and oxygen atoms in total. The molecule has 182 valence electrons. The van der Waals surface area contributed by atoms with Crippen LogP contribution in [0.15, 0.2) is 24.3 Å². The molecule has 0 unspecified atom stereocenters. The number of esters is 1. The van der Waals surface area contributed by atoms with Gasteiger partial charge in [-0.2, -0.15) is 0 Å². The van der Waals surface area contributed by atoms with Crippen molar-refractivity contribution < 1.29 is 23.9 Å². The van der Waals surface area contributed by atoms with E-state index in [0.717, 1.165) is 41.7 Å². The van der Waals surface area contributed by atoms with Crippen LogP contribution in [0.5, 0.6) is 0 Å². The molecule has 1 N–H and O–H groups in total. The summed E-state index contributed by atoms with van der Waals surface area (Å²) in [6.07, 6.45) is 3.49. The molecule has 34 heavy (non-hydrogen) atoms. The molecule has 0 atom stereocenters. The van der Waals surface area contributed by atoms with E-state index in [4.69, 9.17) is 21.1 Å². The third kappa shape index (κ3) is 4.66. The fraction of sp³-hybridized carbons (Fsp3) is 0.480. The third-order valence-electron chi connectivity index (χ3n) is 6.58. The Kier molecular flexibility index (Phi) is 7.48. The molecule has 4 rings (SSSR count). The molecule has 0 bridgehead atoms. The molecule has 2 aliphatic rings. The SMILES string of the molecule is CCOC(=O)c1c(NC(=O)C2(c3ccc(Cl)cc3)CCCC2)sc2c1CCN(C(=O)OCC)C2. The van der Waals surface area contributed by atoms with Gasteiger partial charge in [0.15, 0.2) is 0 Å². The highest BCUT2D eigenvalue weighted by Crippen LogP contribution is 2.44. The van der Waals surface area contributed by atoms with E-state index in [1.807, 2.05) is 24.3 Å². The molecular weight excluding hydrogens is 476 g/mol. The number of benzene rings is 1. The predicted molar refractivity (Wildman–Crippen MR) is 132 cm³/mol. The molecule has 1 saturated carbocycles. The summed E-state index contributed by atoms with van der Waals surface area (Å²) in [7, 11) is 0. The molecule has 1 aromatic heterocycles. The zero-order chi connectivity index (χ0) is 24.3. The Hall–Kier alpha value is -2.58. The number of halogens is 1. The maximum Gasteiger partial charge on any atom is 0.410 e. The maximum absolute atomic E-state index is 13.8. The number of nitrogens with zero attached hydrogens (tertiary/aromatic N) is 1. The van der Waals surface area contributed by atoms with E-state index in [2.05, 4.69) is 5.32 Å². The lowest BCUT2D eigenvalue weighted by Crippen LogP contribution is -2.38. The summed E-state index contributed by atoms with van der Waals surface area (Å²) in [5, 5.41) is 4.19. The van der Waals surface area contributed by atoms with Crippen LogP contribution in [0.4, 0.5) is 9.80 Å². The van der Waals surface area contributed by atoms with Crippen molar-refractivity contribution >= 4 is 45.9 Å². The molecule has 2 heterocycles. The molecule has 1 aliphatic carbocycles. The second-order valence-electron chi connectivity index (χ2n) is 8.55. The highest BCUT2D eigenvalue weighted by atomic mass is 35.5. The largest absolute Gasteiger partial charge is 0.462 e. The zero-order valence-corrected chi connectivity index (χ0v) is 21.0. The number of carbonyl (C=O) groups is 3. The van der Waals surface area contributed by atoms with E-state index in [-0.39, 0.29) is 18.6 Å². The van der Waals surface area contributed by atoms with Gasteiger partial charge < -0.3 is 19.7 Å². The Morgan fingerprint density at radius 2 is 1.76 bits per heavy atom. The van der Waals surface area contributed by atoms with Gasteiger partial charge >= 0.3 is 12.1 Å². The quantitative estimate of drug-likeness (QED) is 0.522. The van der Waals surface area contributed by atoms with Gasteiger partial charge in [-0.25, -0.2) is 9.59 Å². The molecule has 9 heteroatoms. The molecule has 1 fully saturated rings. The van der Waals surface area contributed by atoms with Crippen LogP contribution < -0.4 is 5.32 Å². The van der Waals surface area contributed by atoms with Crippen molar-refractivity contribution in [3.05, 3.63) is 50.9 Å². The molecule has 0 spiro atoms. The van der Waals surface area contributed by atoms with Crippen molar-refractivity contribution in [3.8, 4) is 0 Å². The van der Waals surface area contributed by atoms with E-state index < -0.39 is 11.4 Å². The van der Waals surface area contributed by atoms with Crippen LogP contribution >= 0.6 is 22.9 Å². The predicted octanol–water partition coefficient (Wildman–Crippen LogP) is 5.54. The number of nitrogens with one attached hydrogen (secondary N) is 1. The van der Waals surface area contributed by atoms with E-state index in [1.54, 1.807) is 18.7 Å². The van der Waals surface area contributed by atoms with Crippen LogP contribution in [0.1, 0.15) is 65.9 Å². The van der Waals surface area contributed by atoms with E-state index >= 15 is 0 Å². The summed E-state index contributed by atoms with van der Waals surface area (Å²) in [6.45, 7) is 4.84. The fourth-order valence-corrected chi connectivity index (χ4v) is 6.27. The summed E-state index contributed by atoms with van der Waals surface area (Å²) in [4.78, 5) is 41.4. The lowest BCUT2D eigenvalue weighted by Gasteiger charge is -2.28. The lowest BCUT2D eigenvalue weighted by molar-refractivity contribution is -0.121. The summed E-state index contributed by atoms with van der Waals surface area (Å²) < 4.78 is 10.5. The van der Waals surface area contributed by atoms with Crippen LogP contribution in [0.3, 0.4) is 0 Å². The number of ether oxygens (including phenoxy) is 2. The van der Waals surface area contributed by atoms with Crippen LogP contribution in [-0.2, 0) is 32.6 Å². The van der Waals surface area contributed by atoms with E-state index in [0.29, 0.717) is 41.7 Å². The normalized spacial score (nSPS) is 16.6. The molecule has 0 radical (unpaired) electrons.